The molecule has 1 aliphatic heterocycles. The zero-order valence-electron chi connectivity index (χ0n) is 11.2. The second-order valence-electron chi connectivity index (χ2n) is 4.96. The molecule has 0 radical (unpaired) electrons. The second-order valence-corrected chi connectivity index (χ2v) is 4.96. The van der Waals surface area contributed by atoms with Crippen molar-refractivity contribution in [3.05, 3.63) is 54.1 Å². The molecule has 1 heterocycles. The van der Waals surface area contributed by atoms with Crippen LogP contribution in [0.15, 0.2) is 48.5 Å². The second kappa shape index (κ2) is 4.89. The molecule has 20 heavy (non-hydrogen) atoms. The van der Waals surface area contributed by atoms with Crippen molar-refractivity contribution in [3.8, 4) is 5.75 Å². The summed E-state index contributed by atoms with van der Waals surface area (Å²) in [4.78, 5) is 13.8. The first-order valence-electron chi connectivity index (χ1n) is 6.56. The molecule has 0 aliphatic carbocycles. The van der Waals surface area contributed by atoms with Crippen LogP contribution in [0.25, 0.3) is 0 Å². The van der Waals surface area contributed by atoms with E-state index in [1.165, 1.54) is 0 Å². The topological polar surface area (TPSA) is 52.6 Å². The predicted octanol–water partition coefficient (Wildman–Crippen LogP) is 2.91. The Kier molecular flexibility index (Phi) is 3.06. The fraction of sp³-hybridized carbons (Fsp3) is 0.188. The van der Waals surface area contributed by atoms with Crippen LogP contribution in [0.5, 0.6) is 5.75 Å². The number of benzene rings is 2. The quantitative estimate of drug-likeness (QED) is 0.880. The van der Waals surface area contributed by atoms with Gasteiger partial charge in [0, 0.05) is 24.5 Å². The van der Waals surface area contributed by atoms with Crippen molar-refractivity contribution >= 4 is 17.3 Å². The molecule has 0 spiro atoms. The Balaban J connectivity index is 1.94. The van der Waals surface area contributed by atoms with Crippen LogP contribution in [0.2, 0.25) is 0 Å². The molecule has 3 rings (SSSR count). The van der Waals surface area contributed by atoms with Crippen molar-refractivity contribution in [1.82, 2.24) is 0 Å². The van der Waals surface area contributed by atoms with E-state index in [1.54, 1.807) is 30.1 Å². The summed E-state index contributed by atoms with van der Waals surface area (Å²) in [5.74, 6) is 0.295. The average molecular weight is 268 g/mol. The lowest BCUT2D eigenvalue weighted by molar-refractivity contribution is -0.118. The Morgan fingerprint density at radius 1 is 1.20 bits per heavy atom. The third-order valence-electron chi connectivity index (χ3n) is 3.61. The molecule has 0 saturated heterocycles. The Morgan fingerprint density at radius 2 is 2.00 bits per heavy atom. The van der Waals surface area contributed by atoms with E-state index in [9.17, 15) is 9.90 Å². The van der Waals surface area contributed by atoms with Crippen molar-refractivity contribution in [2.24, 2.45) is 0 Å². The van der Waals surface area contributed by atoms with Crippen molar-refractivity contribution in [2.75, 3.05) is 17.3 Å². The Morgan fingerprint density at radius 3 is 2.80 bits per heavy atom. The number of hydrogen-bond donors (Lipinski definition) is 2. The van der Waals surface area contributed by atoms with E-state index in [2.05, 4.69) is 5.32 Å². The number of hydrogen-bond acceptors (Lipinski definition) is 3. The number of carbonyl (C=O) groups is 1. The maximum Gasteiger partial charge on any atom is 0.229 e. The highest BCUT2D eigenvalue weighted by atomic mass is 16.3. The van der Waals surface area contributed by atoms with Gasteiger partial charge in [-0.15, -0.1) is 0 Å². The van der Waals surface area contributed by atoms with Crippen LogP contribution < -0.4 is 10.2 Å². The number of anilines is 2. The Hall–Kier alpha value is -2.49. The molecule has 4 nitrogen and oxygen atoms in total. The molecule has 1 amide bonds. The minimum atomic E-state index is -0.0725. The van der Waals surface area contributed by atoms with Crippen molar-refractivity contribution in [1.29, 1.82) is 0 Å². The van der Waals surface area contributed by atoms with Gasteiger partial charge in [-0.25, -0.2) is 0 Å². The van der Waals surface area contributed by atoms with E-state index in [4.69, 9.17) is 0 Å². The molecule has 0 fully saturated rings. The van der Waals surface area contributed by atoms with Crippen LogP contribution in [0.3, 0.4) is 0 Å². The Bertz CT molecular complexity index is 654. The van der Waals surface area contributed by atoms with Gasteiger partial charge < -0.3 is 15.3 Å². The van der Waals surface area contributed by atoms with E-state index in [0.717, 1.165) is 16.9 Å². The van der Waals surface area contributed by atoms with Crippen molar-refractivity contribution in [2.45, 2.75) is 12.5 Å². The van der Waals surface area contributed by atoms with Gasteiger partial charge in [-0.2, -0.15) is 0 Å². The number of rotatable bonds is 2. The number of nitrogens with one attached hydrogen (secondary N) is 1. The first-order chi connectivity index (χ1) is 9.65. The van der Waals surface area contributed by atoms with Crippen LogP contribution >= 0.6 is 0 Å². The smallest absolute Gasteiger partial charge is 0.229 e. The molecule has 0 saturated carbocycles. The lowest BCUT2D eigenvalue weighted by atomic mass is 9.96. The third kappa shape index (κ3) is 2.20. The fourth-order valence-electron chi connectivity index (χ4n) is 2.57. The molecule has 1 unspecified atom stereocenters. The van der Waals surface area contributed by atoms with Crippen LogP contribution in [0.4, 0.5) is 11.4 Å². The molecular formula is C16H16N2O2. The number of nitrogens with zero attached hydrogens (tertiary/aromatic N) is 1. The summed E-state index contributed by atoms with van der Waals surface area (Å²) in [6, 6.07) is 14.7. The number of fused-ring (bicyclic) bond motifs is 1. The summed E-state index contributed by atoms with van der Waals surface area (Å²) < 4.78 is 0. The molecule has 102 valence electrons. The summed E-state index contributed by atoms with van der Waals surface area (Å²) >= 11 is 0. The van der Waals surface area contributed by atoms with Crippen LogP contribution in [0, 0.1) is 0 Å². The largest absolute Gasteiger partial charge is 0.508 e. The SMILES string of the molecule is CN1C(=O)CC(Nc2cccc(O)c2)c2ccccc21. The van der Waals surface area contributed by atoms with Gasteiger partial charge in [0.1, 0.15) is 5.75 Å². The average Bonchev–Trinajstić information content (AvgIpc) is 2.45. The molecule has 0 aromatic heterocycles. The highest BCUT2D eigenvalue weighted by molar-refractivity contribution is 5.97. The first kappa shape index (κ1) is 12.5. The van der Waals surface area contributed by atoms with Gasteiger partial charge >= 0.3 is 0 Å². The number of carbonyl (C=O) groups excluding carboxylic acids is 1. The normalized spacial score (nSPS) is 17.8. The van der Waals surface area contributed by atoms with Gasteiger partial charge in [-0.3, -0.25) is 4.79 Å². The maximum atomic E-state index is 12.1. The van der Waals surface area contributed by atoms with Gasteiger partial charge in [-0.1, -0.05) is 24.3 Å². The first-order valence-corrected chi connectivity index (χ1v) is 6.56. The molecular weight excluding hydrogens is 252 g/mol. The summed E-state index contributed by atoms with van der Waals surface area (Å²) in [6.07, 6.45) is 0.406. The van der Waals surface area contributed by atoms with E-state index in [1.807, 2.05) is 30.3 Å². The monoisotopic (exact) mass is 268 g/mol. The lowest BCUT2D eigenvalue weighted by Crippen LogP contribution is -2.35. The third-order valence-corrected chi connectivity index (χ3v) is 3.61. The number of amides is 1. The lowest BCUT2D eigenvalue weighted by Gasteiger charge is -2.32. The molecule has 1 atom stereocenters. The van der Waals surface area contributed by atoms with Gasteiger partial charge in [0.05, 0.1) is 12.5 Å². The van der Waals surface area contributed by atoms with E-state index in [-0.39, 0.29) is 17.7 Å². The predicted molar refractivity (Wildman–Crippen MR) is 78.9 cm³/mol. The van der Waals surface area contributed by atoms with E-state index in [0.29, 0.717) is 6.42 Å². The minimum Gasteiger partial charge on any atom is -0.508 e. The molecule has 0 bridgehead atoms. The molecule has 2 aromatic rings. The van der Waals surface area contributed by atoms with Crippen LogP contribution in [-0.2, 0) is 4.79 Å². The summed E-state index contributed by atoms with van der Waals surface area (Å²) in [7, 11) is 1.80. The van der Waals surface area contributed by atoms with Crippen LogP contribution in [-0.4, -0.2) is 18.1 Å². The highest BCUT2D eigenvalue weighted by Crippen LogP contribution is 2.35. The standard InChI is InChI=1S/C16H16N2O2/c1-18-15-8-3-2-7-13(15)14(10-16(18)20)17-11-5-4-6-12(19)9-11/h2-9,14,17,19H,10H2,1H3. The van der Waals surface area contributed by atoms with Gasteiger partial charge in [-0.05, 0) is 23.8 Å². The van der Waals surface area contributed by atoms with Crippen molar-refractivity contribution < 1.29 is 9.90 Å². The highest BCUT2D eigenvalue weighted by Gasteiger charge is 2.28. The van der Waals surface area contributed by atoms with E-state index < -0.39 is 0 Å². The summed E-state index contributed by atoms with van der Waals surface area (Å²) in [5, 5.41) is 12.8. The Labute approximate surface area is 117 Å². The number of para-hydroxylation sites is 1. The minimum absolute atomic E-state index is 0.0725. The molecule has 4 heteroatoms. The number of aromatic hydroxyl groups is 1. The van der Waals surface area contributed by atoms with Gasteiger partial charge in [0.25, 0.3) is 0 Å². The zero-order valence-corrected chi connectivity index (χ0v) is 11.2. The molecule has 1 aliphatic rings. The molecule has 2 N–H and O–H groups in total. The van der Waals surface area contributed by atoms with Crippen LogP contribution in [0.1, 0.15) is 18.0 Å². The van der Waals surface area contributed by atoms with Crippen molar-refractivity contribution in [3.63, 3.8) is 0 Å². The summed E-state index contributed by atoms with van der Waals surface area (Å²) in [5.41, 5.74) is 2.83. The summed E-state index contributed by atoms with van der Waals surface area (Å²) in [6.45, 7) is 0. The number of phenolic OH excluding ortho intramolecular Hbond substituents is 1. The van der Waals surface area contributed by atoms with E-state index >= 15 is 0 Å². The maximum absolute atomic E-state index is 12.1. The van der Waals surface area contributed by atoms with Gasteiger partial charge in [0.15, 0.2) is 0 Å². The fourth-order valence-corrected chi connectivity index (χ4v) is 2.57. The number of phenols is 1. The molecule has 2 aromatic carbocycles. The van der Waals surface area contributed by atoms with Gasteiger partial charge in [0.2, 0.25) is 5.91 Å². The zero-order chi connectivity index (χ0) is 14.1.